The highest BCUT2D eigenvalue weighted by Crippen LogP contribution is 2.31. The van der Waals surface area contributed by atoms with Gasteiger partial charge in [0.05, 0.1) is 18.3 Å². The molecule has 0 aliphatic rings. The van der Waals surface area contributed by atoms with Crippen LogP contribution in [0.1, 0.15) is 21.6 Å². The Balaban J connectivity index is 2.40. The maximum absolute atomic E-state index is 12.8. The fourth-order valence-electron chi connectivity index (χ4n) is 1.67. The highest BCUT2D eigenvalue weighted by atomic mass is 19.4. The van der Waals surface area contributed by atoms with Crippen LogP contribution in [0.5, 0.6) is 0 Å². The molecule has 2 aromatic rings. The maximum Gasteiger partial charge on any atom is 0.433 e. The molecule has 0 saturated heterocycles. The van der Waals surface area contributed by atoms with Crippen LogP contribution in [0.2, 0.25) is 0 Å². The molecule has 0 N–H and O–H groups in total. The number of hydrogen-bond acceptors (Lipinski definition) is 2. The van der Waals surface area contributed by atoms with Crippen LogP contribution in [-0.2, 0) is 12.7 Å². The monoisotopic (exact) mass is 254 g/mol. The Morgan fingerprint density at radius 1 is 1.22 bits per heavy atom. The first-order valence-electron chi connectivity index (χ1n) is 5.14. The number of carbonyl (C=O) groups is 1. The highest BCUT2D eigenvalue weighted by molar-refractivity contribution is 5.76. The van der Waals surface area contributed by atoms with Crippen molar-refractivity contribution in [1.29, 1.82) is 0 Å². The van der Waals surface area contributed by atoms with E-state index in [-0.39, 0.29) is 12.8 Å². The standard InChI is InChI=1S/C12H9F3N2O/c13-12(14,15)11-10(8-18)6-16-17(11)7-9-4-2-1-3-5-9/h1-6,8H,7H2. The summed E-state index contributed by atoms with van der Waals surface area (Å²) in [5.41, 5.74) is -0.775. The lowest BCUT2D eigenvalue weighted by molar-refractivity contribution is -0.144. The second-order valence-corrected chi connectivity index (χ2v) is 3.71. The molecule has 3 nitrogen and oxygen atoms in total. The van der Waals surface area contributed by atoms with Crippen LogP contribution in [-0.4, -0.2) is 16.1 Å². The summed E-state index contributed by atoms with van der Waals surface area (Å²) in [6.07, 6.45) is -3.50. The third-order valence-corrected chi connectivity index (χ3v) is 2.44. The van der Waals surface area contributed by atoms with Gasteiger partial charge in [-0.2, -0.15) is 18.3 Å². The van der Waals surface area contributed by atoms with Crippen molar-refractivity contribution in [2.75, 3.05) is 0 Å². The summed E-state index contributed by atoms with van der Waals surface area (Å²) in [6, 6.07) is 8.62. The Morgan fingerprint density at radius 2 is 1.89 bits per heavy atom. The molecule has 2 rings (SSSR count). The van der Waals surface area contributed by atoms with Crippen molar-refractivity contribution in [1.82, 2.24) is 9.78 Å². The fraction of sp³-hybridized carbons (Fsp3) is 0.167. The van der Waals surface area contributed by atoms with Crippen molar-refractivity contribution in [3.05, 3.63) is 53.3 Å². The Hall–Kier alpha value is -2.11. The van der Waals surface area contributed by atoms with Crippen molar-refractivity contribution < 1.29 is 18.0 Å². The Kier molecular flexibility index (Phi) is 3.18. The van der Waals surface area contributed by atoms with Crippen molar-refractivity contribution >= 4 is 6.29 Å². The quantitative estimate of drug-likeness (QED) is 0.789. The normalized spacial score (nSPS) is 11.5. The van der Waals surface area contributed by atoms with Gasteiger partial charge in [-0.25, -0.2) is 0 Å². The number of alkyl halides is 3. The van der Waals surface area contributed by atoms with Crippen molar-refractivity contribution in [2.24, 2.45) is 0 Å². The van der Waals surface area contributed by atoms with Gasteiger partial charge in [0.25, 0.3) is 0 Å². The van der Waals surface area contributed by atoms with Crippen LogP contribution in [0.15, 0.2) is 36.5 Å². The predicted octanol–water partition coefficient (Wildman–Crippen LogP) is 2.76. The molecule has 0 amide bonds. The molecule has 0 unspecified atom stereocenters. The van der Waals surface area contributed by atoms with Gasteiger partial charge in [0.2, 0.25) is 0 Å². The zero-order valence-corrected chi connectivity index (χ0v) is 9.19. The van der Waals surface area contributed by atoms with Crippen LogP contribution in [0.4, 0.5) is 13.2 Å². The molecule has 0 saturated carbocycles. The lowest BCUT2D eigenvalue weighted by Crippen LogP contribution is -2.17. The van der Waals surface area contributed by atoms with Gasteiger partial charge in [-0.3, -0.25) is 9.48 Å². The topological polar surface area (TPSA) is 34.9 Å². The van der Waals surface area contributed by atoms with E-state index >= 15 is 0 Å². The van der Waals surface area contributed by atoms with Crippen molar-refractivity contribution in [3.8, 4) is 0 Å². The van der Waals surface area contributed by atoms with Gasteiger partial charge in [0.1, 0.15) is 0 Å². The molecule has 6 heteroatoms. The molecule has 0 atom stereocenters. The molecule has 18 heavy (non-hydrogen) atoms. The molecule has 0 spiro atoms. The summed E-state index contributed by atoms with van der Waals surface area (Å²) in [5.74, 6) is 0. The number of rotatable bonds is 3. The summed E-state index contributed by atoms with van der Waals surface area (Å²) < 4.78 is 39.2. The fourth-order valence-corrected chi connectivity index (χ4v) is 1.67. The number of nitrogens with zero attached hydrogens (tertiary/aromatic N) is 2. The number of halogens is 3. The first-order valence-corrected chi connectivity index (χ1v) is 5.14. The van der Waals surface area contributed by atoms with Crippen molar-refractivity contribution in [2.45, 2.75) is 12.7 Å². The predicted molar refractivity (Wildman–Crippen MR) is 58.2 cm³/mol. The van der Waals surface area contributed by atoms with Crippen LogP contribution in [0.25, 0.3) is 0 Å². The summed E-state index contributed by atoms with van der Waals surface area (Å²) in [6.45, 7) is -0.0243. The van der Waals surface area contributed by atoms with E-state index in [1.165, 1.54) is 0 Å². The van der Waals surface area contributed by atoms with Crippen LogP contribution in [0, 0.1) is 0 Å². The molecular weight excluding hydrogens is 245 g/mol. The average Bonchev–Trinajstić information content (AvgIpc) is 2.73. The molecule has 0 aliphatic carbocycles. The van der Waals surface area contributed by atoms with E-state index < -0.39 is 17.4 Å². The average molecular weight is 254 g/mol. The number of carbonyl (C=O) groups excluding carboxylic acids is 1. The lowest BCUT2D eigenvalue weighted by atomic mass is 10.2. The SMILES string of the molecule is O=Cc1cnn(Cc2ccccc2)c1C(F)(F)F. The van der Waals surface area contributed by atoms with Gasteiger partial charge >= 0.3 is 6.18 Å². The smallest absolute Gasteiger partial charge is 0.298 e. The molecule has 0 bridgehead atoms. The number of aromatic nitrogens is 2. The number of benzene rings is 1. The zero-order chi connectivity index (χ0) is 13.2. The first kappa shape index (κ1) is 12.3. The first-order chi connectivity index (χ1) is 8.52. The van der Waals surface area contributed by atoms with Crippen LogP contribution >= 0.6 is 0 Å². The minimum absolute atomic E-state index is 0.0243. The van der Waals surface area contributed by atoms with Gasteiger partial charge in [-0.05, 0) is 5.56 Å². The Bertz CT molecular complexity index is 546. The minimum atomic E-state index is -4.60. The van der Waals surface area contributed by atoms with Crippen molar-refractivity contribution in [3.63, 3.8) is 0 Å². The van der Waals surface area contributed by atoms with E-state index in [2.05, 4.69) is 5.10 Å². The molecule has 1 heterocycles. The molecule has 0 aliphatic heterocycles. The molecule has 0 radical (unpaired) electrons. The van der Waals surface area contributed by atoms with Gasteiger partial charge in [-0.1, -0.05) is 30.3 Å². The highest BCUT2D eigenvalue weighted by Gasteiger charge is 2.38. The minimum Gasteiger partial charge on any atom is -0.298 e. The molecule has 0 fully saturated rings. The van der Waals surface area contributed by atoms with Crippen LogP contribution in [0.3, 0.4) is 0 Å². The second-order valence-electron chi connectivity index (χ2n) is 3.71. The molecule has 1 aromatic carbocycles. The van der Waals surface area contributed by atoms with E-state index in [0.717, 1.165) is 10.9 Å². The van der Waals surface area contributed by atoms with E-state index in [0.29, 0.717) is 5.56 Å². The number of hydrogen-bond donors (Lipinski definition) is 0. The lowest BCUT2D eigenvalue weighted by Gasteiger charge is -2.11. The van der Waals surface area contributed by atoms with Gasteiger partial charge < -0.3 is 0 Å². The van der Waals surface area contributed by atoms with Gasteiger partial charge in [0, 0.05) is 0 Å². The molecular formula is C12H9F3N2O. The molecule has 94 valence electrons. The Morgan fingerprint density at radius 3 is 2.44 bits per heavy atom. The van der Waals surface area contributed by atoms with E-state index in [9.17, 15) is 18.0 Å². The summed E-state index contributed by atoms with van der Waals surface area (Å²) >= 11 is 0. The summed E-state index contributed by atoms with van der Waals surface area (Å²) in [4.78, 5) is 10.6. The van der Waals surface area contributed by atoms with E-state index in [4.69, 9.17) is 0 Å². The van der Waals surface area contributed by atoms with E-state index in [1.54, 1.807) is 30.3 Å². The van der Waals surface area contributed by atoms with Gasteiger partial charge in [-0.15, -0.1) is 0 Å². The largest absolute Gasteiger partial charge is 0.433 e. The summed E-state index contributed by atoms with van der Waals surface area (Å²) in [5, 5.41) is 3.61. The third-order valence-electron chi connectivity index (χ3n) is 2.44. The van der Waals surface area contributed by atoms with E-state index in [1.807, 2.05) is 0 Å². The van der Waals surface area contributed by atoms with Crippen LogP contribution < -0.4 is 0 Å². The third kappa shape index (κ3) is 2.42. The number of aldehydes is 1. The molecule has 1 aromatic heterocycles. The second kappa shape index (κ2) is 4.64. The maximum atomic E-state index is 12.8. The Labute approximate surface area is 101 Å². The summed E-state index contributed by atoms with van der Waals surface area (Å²) in [7, 11) is 0. The van der Waals surface area contributed by atoms with Gasteiger partial charge in [0.15, 0.2) is 12.0 Å². The zero-order valence-electron chi connectivity index (χ0n) is 9.19.